The minimum atomic E-state index is -4.44. The number of hydrogen-bond donors (Lipinski definition) is 2. The zero-order valence-electron chi connectivity index (χ0n) is 20.4. The fourth-order valence-corrected chi connectivity index (χ4v) is 4.95. The number of sulfonamides is 1. The molecule has 3 heterocycles. The van der Waals surface area contributed by atoms with Gasteiger partial charge in [0.05, 0.1) is 16.1 Å². The van der Waals surface area contributed by atoms with Crippen molar-refractivity contribution in [3.05, 3.63) is 95.8 Å². The summed E-state index contributed by atoms with van der Waals surface area (Å²) in [5, 5.41) is 0.277. The van der Waals surface area contributed by atoms with Crippen LogP contribution in [0.2, 0.25) is 0 Å². The molecule has 0 amide bonds. The van der Waals surface area contributed by atoms with Gasteiger partial charge in [0.15, 0.2) is 5.82 Å². The van der Waals surface area contributed by atoms with E-state index < -0.39 is 49.4 Å². The Morgan fingerprint density at radius 1 is 0.949 bits per heavy atom. The third kappa shape index (κ3) is 4.91. The Hall–Kier alpha value is -4.78. The second-order valence-corrected chi connectivity index (χ2v) is 10.3. The van der Waals surface area contributed by atoms with Crippen molar-refractivity contribution < 1.29 is 26.4 Å². The van der Waals surface area contributed by atoms with E-state index in [9.17, 15) is 22.0 Å². The highest BCUT2D eigenvalue weighted by Gasteiger charge is 2.26. The molecule has 9 nitrogen and oxygen atoms in total. The van der Waals surface area contributed by atoms with Gasteiger partial charge >= 0.3 is 0 Å². The van der Waals surface area contributed by atoms with E-state index in [-0.39, 0.29) is 16.6 Å². The van der Waals surface area contributed by atoms with Gasteiger partial charge in [-0.25, -0.2) is 36.5 Å². The summed E-state index contributed by atoms with van der Waals surface area (Å²) in [5.74, 6) is -3.99. The molecule has 0 fully saturated rings. The molecule has 0 bridgehead atoms. The molecule has 5 aromatic rings. The van der Waals surface area contributed by atoms with Crippen molar-refractivity contribution in [2.24, 2.45) is 0 Å². The molecule has 0 atom stereocenters. The minimum Gasteiger partial charge on any atom is -0.347 e. The molecule has 39 heavy (non-hydrogen) atoms. The summed E-state index contributed by atoms with van der Waals surface area (Å²) in [5.41, 5.74) is -0.301. The number of benzene rings is 2. The van der Waals surface area contributed by atoms with Gasteiger partial charge in [0.25, 0.3) is 10.0 Å². The highest BCUT2D eigenvalue weighted by atomic mass is 32.2. The summed E-state index contributed by atoms with van der Waals surface area (Å²) in [7, 11) is -0.858. The topological polar surface area (TPSA) is 121 Å². The normalized spacial score (nSPS) is 11.5. The summed E-state index contributed by atoms with van der Waals surface area (Å²) in [6.07, 6.45) is 5.95. The molecule has 3 aromatic heterocycles. The average molecular weight is 553 g/mol. The van der Waals surface area contributed by atoms with Crippen LogP contribution in [0.4, 0.5) is 24.8 Å². The van der Waals surface area contributed by atoms with Gasteiger partial charge in [0.2, 0.25) is 11.7 Å². The molecule has 5 rings (SSSR count). The predicted octanol–water partition coefficient (Wildman–Crippen LogP) is 4.54. The molecule has 0 saturated heterocycles. The second kappa shape index (κ2) is 9.83. The zero-order valence-corrected chi connectivity index (χ0v) is 21.2. The van der Waals surface area contributed by atoms with Crippen molar-refractivity contribution in [1.29, 1.82) is 0 Å². The highest BCUT2D eigenvalue weighted by molar-refractivity contribution is 7.92. The maximum Gasteiger partial charge on any atom is 0.262 e. The number of fused-ring (bicyclic) bond motifs is 1. The third-order valence-electron chi connectivity index (χ3n) is 5.82. The lowest BCUT2D eigenvalue weighted by Crippen LogP contribution is -2.16. The van der Waals surface area contributed by atoms with Gasteiger partial charge in [-0.1, -0.05) is 6.07 Å². The van der Waals surface area contributed by atoms with Crippen LogP contribution in [0.25, 0.3) is 22.2 Å². The second-order valence-electron chi connectivity index (χ2n) is 8.66. The van der Waals surface area contributed by atoms with E-state index in [4.69, 9.17) is 0 Å². The van der Waals surface area contributed by atoms with Crippen LogP contribution >= 0.6 is 0 Å². The number of aromatic nitrogens is 4. The van der Waals surface area contributed by atoms with E-state index in [0.717, 1.165) is 30.3 Å². The van der Waals surface area contributed by atoms with E-state index in [1.165, 1.54) is 18.5 Å². The SMILES string of the molecule is CN(C)c1ncc(-c2cnc3[nH]cc(C(=O)c4c(F)ccc(NS(=O)(=O)c5cccc(F)c5)c4F)c3c2)cn1. The predicted molar refractivity (Wildman–Crippen MR) is 138 cm³/mol. The first-order valence-corrected chi connectivity index (χ1v) is 12.8. The van der Waals surface area contributed by atoms with Gasteiger partial charge in [0, 0.05) is 61.0 Å². The maximum atomic E-state index is 15.4. The smallest absolute Gasteiger partial charge is 0.262 e. The number of nitrogens with one attached hydrogen (secondary N) is 2. The van der Waals surface area contributed by atoms with E-state index >= 15 is 4.39 Å². The first kappa shape index (κ1) is 25.9. The molecule has 0 aliphatic rings. The van der Waals surface area contributed by atoms with Crippen molar-refractivity contribution >= 4 is 38.5 Å². The van der Waals surface area contributed by atoms with Crippen LogP contribution in [-0.2, 0) is 10.0 Å². The van der Waals surface area contributed by atoms with Gasteiger partial charge in [-0.3, -0.25) is 9.52 Å². The molecule has 0 aliphatic carbocycles. The van der Waals surface area contributed by atoms with Crippen LogP contribution in [0.5, 0.6) is 0 Å². The summed E-state index contributed by atoms with van der Waals surface area (Å²) in [6.45, 7) is 0. The number of nitrogens with zero attached hydrogens (tertiary/aromatic N) is 4. The zero-order chi connectivity index (χ0) is 27.9. The maximum absolute atomic E-state index is 15.4. The number of aromatic amines is 1. The van der Waals surface area contributed by atoms with E-state index in [1.54, 1.807) is 37.5 Å². The molecule has 2 aromatic carbocycles. The molecule has 2 N–H and O–H groups in total. The van der Waals surface area contributed by atoms with Gasteiger partial charge in [-0.2, -0.15) is 0 Å². The third-order valence-corrected chi connectivity index (χ3v) is 7.18. The first-order chi connectivity index (χ1) is 18.5. The van der Waals surface area contributed by atoms with Crippen LogP contribution in [0.15, 0.2) is 72.1 Å². The van der Waals surface area contributed by atoms with Crippen molar-refractivity contribution in [2.45, 2.75) is 4.90 Å². The van der Waals surface area contributed by atoms with E-state index in [1.807, 2.05) is 4.72 Å². The Morgan fingerprint density at radius 3 is 2.36 bits per heavy atom. The molecule has 0 radical (unpaired) electrons. The highest BCUT2D eigenvalue weighted by Crippen LogP contribution is 2.30. The average Bonchev–Trinajstić information content (AvgIpc) is 3.34. The largest absolute Gasteiger partial charge is 0.347 e. The lowest BCUT2D eigenvalue weighted by molar-refractivity contribution is 0.103. The van der Waals surface area contributed by atoms with E-state index in [0.29, 0.717) is 17.1 Å². The lowest BCUT2D eigenvalue weighted by Gasteiger charge is -2.12. The number of H-pyrrole nitrogens is 1. The number of pyridine rings is 1. The Labute approximate surface area is 220 Å². The Kier molecular flexibility index (Phi) is 6.52. The Bertz CT molecular complexity index is 1840. The standard InChI is InChI=1S/C26H19F3N6O3S/c1-35(2)26-32-11-15(12-33-26)14-8-18-19(13-31-25(18)30-10-14)24(36)22-20(28)6-7-21(23(22)29)34-39(37,38)17-5-3-4-16(27)9-17/h3-13,34H,1-2H3,(H,30,31). The number of anilines is 2. The number of ketones is 1. The number of carbonyl (C=O) groups excluding carboxylic acids is 1. The summed E-state index contributed by atoms with van der Waals surface area (Å²) in [6, 6.07) is 7.27. The van der Waals surface area contributed by atoms with Crippen LogP contribution in [0.1, 0.15) is 15.9 Å². The fourth-order valence-electron chi connectivity index (χ4n) is 3.86. The summed E-state index contributed by atoms with van der Waals surface area (Å²) >= 11 is 0. The lowest BCUT2D eigenvalue weighted by atomic mass is 10.0. The number of hydrogen-bond acceptors (Lipinski definition) is 7. The molecule has 0 unspecified atom stereocenters. The van der Waals surface area contributed by atoms with Crippen molar-refractivity contribution in [1.82, 2.24) is 19.9 Å². The van der Waals surface area contributed by atoms with Gasteiger partial charge < -0.3 is 9.88 Å². The minimum absolute atomic E-state index is 0.0897. The van der Waals surface area contributed by atoms with Crippen molar-refractivity contribution in [3.8, 4) is 11.1 Å². The van der Waals surface area contributed by atoms with Crippen LogP contribution < -0.4 is 9.62 Å². The van der Waals surface area contributed by atoms with Gasteiger partial charge in [0.1, 0.15) is 17.3 Å². The van der Waals surface area contributed by atoms with Crippen LogP contribution in [-0.4, -0.2) is 48.2 Å². The molecule has 0 spiro atoms. The van der Waals surface area contributed by atoms with Crippen LogP contribution in [0.3, 0.4) is 0 Å². The van der Waals surface area contributed by atoms with Crippen LogP contribution in [0, 0.1) is 17.5 Å². The molecule has 0 saturated carbocycles. The van der Waals surface area contributed by atoms with E-state index in [2.05, 4.69) is 19.9 Å². The van der Waals surface area contributed by atoms with Crippen molar-refractivity contribution in [2.75, 3.05) is 23.7 Å². The monoisotopic (exact) mass is 552 g/mol. The Balaban J connectivity index is 1.53. The molecule has 198 valence electrons. The van der Waals surface area contributed by atoms with Gasteiger partial charge in [-0.05, 0) is 36.4 Å². The molecular weight excluding hydrogens is 533 g/mol. The molecule has 13 heteroatoms. The fraction of sp³-hybridized carbons (Fsp3) is 0.0769. The van der Waals surface area contributed by atoms with Gasteiger partial charge in [-0.15, -0.1) is 0 Å². The van der Waals surface area contributed by atoms with Crippen molar-refractivity contribution in [3.63, 3.8) is 0 Å². The summed E-state index contributed by atoms with van der Waals surface area (Å²) < 4.78 is 71.0. The Morgan fingerprint density at radius 2 is 1.67 bits per heavy atom. The number of rotatable bonds is 7. The number of halogens is 3. The molecule has 0 aliphatic heterocycles. The summed E-state index contributed by atoms with van der Waals surface area (Å²) in [4.78, 5) is 30.2. The quantitative estimate of drug-likeness (QED) is 0.285. The first-order valence-electron chi connectivity index (χ1n) is 11.3. The number of carbonyl (C=O) groups is 1. The molecular formula is C26H19F3N6O3S.